The quantitative estimate of drug-likeness (QED) is 0.0693. The van der Waals surface area contributed by atoms with E-state index in [4.69, 9.17) is 34.8 Å². The van der Waals surface area contributed by atoms with Gasteiger partial charge in [0.1, 0.15) is 42.4 Å². The van der Waals surface area contributed by atoms with Crippen molar-refractivity contribution in [2.24, 2.45) is 0 Å². The molecule has 6 aromatic carbocycles. The number of aromatic amines is 3. The minimum absolute atomic E-state index is 0.00551. The van der Waals surface area contributed by atoms with Gasteiger partial charge >= 0.3 is 0 Å². The van der Waals surface area contributed by atoms with Crippen molar-refractivity contribution in [3.8, 4) is 50.4 Å². The van der Waals surface area contributed by atoms with Crippen molar-refractivity contribution in [1.82, 2.24) is 88.9 Å². The van der Waals surface area contributed by atoms with Gasteiger partial charge in [0.15, 0.2) is 17.5 Å². The predicted octanol–water partition coefficient (Wildman–Crippen LogP) is 19.7. The summed E-state index contributed by atoms with van der Waals surface area (Å²) >= 11 is 21.4. The molecule has 3 saturated heterocycles. The van der Waals surface area contributed by atoms with Gasteiger partial charge in [0.2, 0.25) is 23.6 Å². The number of aryl methyl sites for hydroxylation is 3. The molecule has 0 saturated carbocycles. The number of hydrogen-bond donors (Lipinski definition) is 4. The number of benzene rings is 6. The number of amides is 5. The minimum Gasteiger partial charge on any atom is -0.364 e. The largest absolute Gasteiger partial charge is 0.364 e. The molecule has 0 radical (unpaired) electrons. The Balaban J connectivity index is 0.000000139. The van der Waals surface area contributed by atoms with Gasteiger partial charge in [-0.1, -0.05) is 156 Å². The van der Waals surface area contributed by atoms with Crippen LogP contribution in [0.3, 0.4) is 0 Å². The average molecular weight is 2050 g/mol. The standard InChI is InChI=1S/C37H38ClFN8O3.C37H39ClFN7O2.C36H36ClFN8O3/c1-9-26(48)45-15-25-36(49)44(8)35-33(46(25)14-20(45)7)21-12-23(38)28(27-19(6)10-11-24-22(27)13-42-43-24)29(39)32(21)47(37(35)50)34-30(17(2)3)40-16-41-31(34)18(4)5;1-8-28(47)44-16-22-10-11-23-34(45(22)15-21(44)7)24-13-26(38)30(29-20(6)9-12-27-25(29)14-42-43-27)31(39)35(24)46(37(23)48)36-32(18(2)3)40-17-41-33(36)19(4)5;1-8-25(47)44-14-24-35(48)42-31-33(45(24)13-19(44)7)20-11-22(37)27(26-18(6)9-10-23-21(26)12-41-43-23)28(38)32(20)46(36(31)49)34-29(16(2)3)39-15-40-30(34)17(4)5/h9-13,16-18,20,25H,1,14-15H2,2-8H3,(H,42,43);8-9,12-14,17-19,21-22H,1,10-11,15-16H2,2-7H3,(H,42,43);8-12,15-17,19,24H,1,13-14H2,2-7H3,(H,41,43)(H,42,48). The number of aromatic nitrogens is 15. The molecule has 0 bridgehead atoms. The molecule has 6 atom stereocenters. The number of carbonyl (C=O) groups is 5. The summed E-state index contributed by atoms with van der Waals surface area (Å²) in [6.45, 7) is 47.5. The fourth-order valence-electron chi connectivity index (χ4n) is 22.7. The van der Waals surface area contributed by atoms with Crippen LogP contribution < -0.4 is 41.6 Å². The third-order valence-electron chi connectivity index (χ3n) is 29.7. The van der Waals surface area contributed by atoms with Crippen LogP contribution in [-0.4, -0.2) is 201 Å². The molecule has 0 spiro atoms. The van der Waals surface area contributed by atoms with E-state index in [1.54, 1.807) is 45.4 Å². The van der Waals surface area contributed by atoms with E-state index in [0.29, 0.717) is 154 Å². The summed E-state index contributed by atoms with van der Waals surface area (Å²) in [6.07, 6.45) is 14.3. The Labute approximate surface area is 859 Å². The van der Waals surface area contributed by atoms with Crippen LogP contribution in [-0.2, 0) is 30.4 Å². The number of nitrogens with one attached hydrogen (secondary N) is 4. The topological polar surface area (TPSA) is 349 Å². The van der Waals surface area contributed by atoms with Crippen molar-refractivity contribution in [2.75, 3.05) is 71.2 Å². The maximum Gasteiger partial charge on any atom is 0.281 e. The van der Waals surface area contributed by atoms with Crippen LogP contribution in [0.15, 0.2) is 145 Å². The second-order valence-electron chi connectivity index (χ2n) is 40.9. The van der Waals surface area contributed by atoms with E-state index in [1.165, 1.54) is 62.9 Å². The van der Waals surface area contributed by atoms with E-state index in [1.807, 2.05) is 177 Å². The first-order valence-corrected chi connectivity index (χ1v) is 50.5. The maximum atomic E-state index is 18.0. The molecule has 4 N–H and O–H groups in total. The lowest BCUT2D eigenvalue weighted by atomic mass is 9.89. The number of pyridine rings is 3. The summed E-state index contributed by atoms with van der Waals surface area (Å²) in [4.78, 5) is 151. The lowest BCUT2D eigenvalue weighted by Crippen LogP contribution is -2.66. The summed E-state index contributed by atoms with van der Waals surface area (Å²) in [5.41, 5.74) is 12.1. The van der Waals surface area contributed by atoms with E-state index < -0.39 is 46.6 Å². The molecule has 15 heterocycles. The van der Waals surface area contributed by atoms with Crippen LogP contribution in [0.2, 0.25) is 15.1 Å². The van der Waals surface area contributed by atoms with E-state index in [-0.39, 0.29) is 175 Å². The highest BCUT2D eigenvalue weighted by Gasteiger charge is 2.50. The molecule has 3 fully saturated rings. The molecule has 0 aliphatic carbocycles. The first-order valence-electron chi connectivity index (χ1n) is 49.4. The summed E-state index contributed by atoms with van der Waals surface area (Å²) in [5.74, 6) is -4.37. The minimum atomic E-state index is -0.841. The number of carbonyl (C=O) groups excluding carboxylic acids is 5. The number of halogens is 6. The number of rotatable bonds is 15. The number of hydrogen-bond acceptors (Lipinski definition) is 20. The summed E-state index contributed by atoms with van der Waals surface area (Å²) < 4.78 is 58.0. The molecule has 9 aromatic heterocycles. The van der Waals surface area contributed by atoms with E-state index >= 15 is 22.8 Å². The number of nitrogens with zero attached hydrogens (tertiary/aromatic N) is 19. The molecule has 31 nitrogen and oxygen atoms in total. The summed E-state index contributed by atoms with van der Waals surface area (Å²) in [6, 6.07) is 13.9. The zero-order valence-corrected chi connectivity index (χ0v) is 87.4. The molecule has 758 valence electrons. The normalized spacial score (nSPS) is 17.7. The highest BCUT2D eigenvalue weighted by atomic mass is 35.5. The molecule has 147 heavy (non-hydrogen) atoms. The van der Waals surface area contributed by atoms with E-state index in [0.717, 1.165) is 27.6 Å². The zero-order valence-electron chi connectivity index (χ0n) is 85.1. The Bertz CT molecular complexity index is 8270. The highest BCUT2D eigenvalue weighted by Crippen LogP contribution is 2.53. The van der Waals surface area contributed by atoms with Crippen LogP contribution in [0.5, 0.6) is 0 Å². The van der Waals surface area contributed by atoms with Gasteiger partial charge in [-0.15, -0.1) is 0 Å². The van der Waals surface area contributed by atoms with Gasteiger partial charge in [-0.25, -0.2) is 43.1 Å². The van der Waals surface area contributed by atoms with Gasteiger partial charge in [0, 0.05) is 129 Å². The van der Waals surface area contributed by atoms with Gasteiger partial charge < -0.3 is 39.6 Å². The summed E-state index contributed by atoms with van der Waals surface area (Å²) in [7, 11) is 1.54. The van der Waals surface area contributed by atoms with Crippen LogP contribution in [0.1, 0.15) is 202 Å². The fourth-order valence-corrected chi connectivity index (χ4v) is 23.5. The first kappa shape index (κ1) is 101. The van der Waals surface area contributed by atoms with E-state index in [2.05, 4.69) is 90.4 Å². The molecule has 21 rings (SSSR count). The molecule has 6 aliphatic rings. The van der Waals surface area contributed by atoms with Crippen molar-refractivity contribution in [2.45, 2.75) is 209 Å². The number of piperazine rings is 3. The molecule has 5 amide bonds. The lowest BCUT2D eigenvalue weighted by Gasteiger charge is -2.50. The Hall–Kier alpha value is -14.8. The van der Waals surface area contributed by atoms with E-state index in [9.17, 15) is 28.8 Å². The summed E-state index contributed by atoms with van der Waals surface area (Å²) in [5, 5.41) is 28.1. The Morgan fingerprint density at radius 1 is 0.401 bits per heavy atom. The van der Waals surface area contributed by atoms with Crippen molar-refractivity contribution in [3.05, 3.63) is 250 Å². The smallest absolute Gasteiger partial charge is 0.281 e. The second kappa shape index (κ2) is 38.6. The van der Waals surface area contributed by atoms with Crippen molar-refractivity contribution in [1.29, 1.82) is 0 Å². The molecular weight excluding hydrogens is 1930 g/mol. The Morgan fingerprint density at radius 2 is 0.728 bits per heavy atom. The molecule has 6 aliphatic heterocycles. The average Bonchev–Trinajstić information content (AvgIpc) is 1.08. The van der Waals surface area contributed by atoms with Crippen LogP contribution in [0.25, 0.3) is 116 Å². The monoisotopic (exact) mass is 2050 g/mol. The van der Waals surface area contributed by atoms with Gasteiger partial charge in [0.25, 0.3) is 22.6 Å². The van der Waals surface area contributed by atoms with Gasteiger partial charge in [-0.05, 0) is 161 Å². The zero-order chi connectivity index (χ0) is 105. The fraction of sp³-hybridized carbons (Fsp3) is 0.355. The number of likely N-dealkylation sites (N-methyl/N-ethyl adjacent to an activating group) is 1. The van der Waals surface area contributed by atoms with Crippen molar-refractivity contribution >= 4 is 158 Å². The van der Waals surface area contributed by atoms with Gasteiger partial charge in [0.05, 0.1) is 148 Å². The SMILES string of the molecule is C=CC(=O)N1CC2C(=O)N(C)c3c(c4cc(Cl)c(-c5c(C)ccc6[nH]ncc56)c(F)c4n(-c4c(C(C)C)ncnc4C(C)C)c3=O)N2CC1C.C=CC(=O)N1CC2C(=O)Nc3c(c4cc(Cl)c(-c5c(C)ccc6[nH]ncc56)c(F)c4n(-c4c(C(C)C)ncnc4C(C)C)c3=O)N2CC1C.C=CC(=O)N1CC2CCc3c(c4cc(Cl)c(-c5c(C)ccc6[nH]ncc56)c(F)c4n(-c4c(C(C)C)ncnc4C(C)C)c3=O)N2CC1C. The van der Waals surface area contributed by atoms with Crippen LogP contribution >= 0.6 is 34.8 Å². The third kappa shape index (κ3) is 16.3. The maximum absolute atomic E-state index is 18.0. The number of fused-ring (bicyclic) bond motifs is 18. The molecule has 15 aromatic rings. The molecule has 37 heteroatoms. The van der Waals surface area contributed by atoms with Gasteiger partial charge in [-0.2, -0.15) is 15.3 Å². The number of H-pyrrole nitrogens is 3. The van der Waals surface area contributed by atoms with Crippen molar-refractivity contribution < 1.29 is 37.1 Å². The Kier molecular flexibility index (Phi) is 26.5. The van der Waals surface area contributed by atoms with Crippen LogP contribution in [0, 0.1) is 38.2 Å². The predicted molar refractivity (Wildman–Crippen MR) is 572 cm³/mol. The highest BCUT2D eigenvalue weighted by molar-refractivity contribution is 6.37. The van der Waals surface area contributed by atoms with Crippen molar-refractivity contribution in [3.63, 3.8) is 0 Å². The third-order valence-corrected chi connectivity index (χ3v) is 30.6. The second-order valence-corrected chi connectivity index (χ2v) is 42.1. The van der Waals surface area contributed by atoms with Gasteiger partial charge in [-0.3, -0.25) is 67.4 Å². The first-order chi connectivity index (χ1) is 70.1. The van der Waals surface area contributed by atoms with Crippen LogP contribution in [0.4, 0.5) is 41.6 Å². The lowest BCUT2D eigenvalue weighted by molar-refractivity contribution is -0.132. The Morgan fingerprint density at radius 3 is 1.10 bits per heavy atom. The molecule has 6 unspecified atom stereocenters. The molecular formula is C110H113Cl3F3N23O8. The number of anilines is 5.